The van der Waals surface area contributed by atoms with Gasteiger partial charge in [0, 0.05) is 28.8 Å². The van der Waals surface area contributed by atoms with Crippen molar-refractivity contribution in [1.29, 1.82) is 0 Å². The van der Waals surface area contributed by atoms with E-state index in [2.05, 4.69) is 10.0 Å². The van der Waals surface area contributed by atoms with Crippen LogP contribution in [0.25, 0.3) is 10.4 Å². The van der Waals surface area contributed by atoms with Crippen LogP contribution in [0.2, 0.25) is 5.02 Å². The third kappa shape index (κ3) is 4.29. The van der Waals surface area contributed by atoms with E-state index in [0.29, 0.717) is 15.5 Å². The van der Waals surface area contributed by atoms with Crippen molar-refractivity contribution in [3.05, 3.63) is 77.3 Å². The number of hydrogen-bond donors (Lipinski definition) is 3. The lowest BCUT2D eigenvalue weighted by atomic mass is 9.90. The number of thiophene rings is 1. The number of carboxylic acid groups (broad SMARTS) is 1. The van der Waals surface area contributed by atoms with Gasteiger partial charge in [0.05, 0.1) is 0 Å². The molecule has 2 unspecified atom stereocenters. The molecule has 3 N–H and O–H groups in total. The second-order valence-electron chi connectivity index (χ2n) is 7.98. The molecule has 0 bridgehead atoms. The van der Waals surface area contributed by atoms with Crippen LogP contribution in [-0.2, 0) is 25.0 Å². The summed E-state index contributed by atoms with van der Waals surface area (Å²) >= 11 is 6.96. The third-order valence-electron chi connectivity index (χ3n) is 5.87. The van der Waals surface area contributed by atoms with Gasteiger partial charge >= 0.3 is 5.97 Å². The molecule has 4 rings (SSSR count). The molecule has 7 nitrogen and oxygen atoms in total. The second-order valence-corrected chi connectivity index (χ2v) is 11.4. The Labute approximate surface area is 200 Å². The molecule has 1 heterocycles. The number of carbonyl (C=O) groups is 2. The molecule has 0 saturated heterocycles. The van der Waals surface area contributed by atoms with E-state index < -0.39 is 26.9 Å². The standard InChI is InChI=1S/C23H21ClN2O5S2/c1-15(27)25-14-22(17-5-3-2-4-6-17)13-23(22,21(28)29)26-33(30,31)20-12-11-19(32-20)16-7-9-18(24)10-8-16/h2-12,26H,13-14H2,1H3,(H,25,27)(H,28,29). The lowest BCUT2D eigenvalue weighted by molar-refractivity contribution is -0.141. The van der Waals surface area contributed by atoms with Gasteiger partial charge in [0.25, 0.3) is 10.0 Å². The molecule has 3 aromatic rings. The Morgan fingerprint density at radius 2 is 1.73 bits per heavy atom. The van der Waals surface area contributed by atoms with Crippen molar-refractivity contribution in [3.8, 4) is 10.4 Å². The number of nitrogens with one attached hydrogen (secondary N) is 2. The highest BCUT2D eigenvalue weighted by molar-refractivity contribution is 7.91. The molecular weight excluding hydrogens is 484 g/mol. The smallest absolute Gasteiger partial charge is 0.325 e. The molecular formula is C23H21ClN2O5S2. The fraction of sp³-hybridized carbons (Fsp3) is 0.217. The lowest BCUT2D eigenvalue weighted by Gasteiger charge is -2.24. The first-order valence-electron chi connectivity index (χ1n) is 10.0. The zero-order valence-corrected chi connectivity index (χ0v) is 19.9. The number of benzene rings is 2. The normalized spacial score (nSPS) is 22.0. The molecule has 1 aromatic heterocycles. The molecule has 2 atom stereocenters. The highest BCUT2D eigenvalue weighted by atomic mass is 35.5. The van der Waals surface area contributed by atoms with Gasteiger partial charge in [-0.1, -0.05) is 54.1 Å². The quantitative estimate of drug-likeness (QED) is 0.433. The molecule has 33 heavy (non-hydrogen) atoms. The van der Waals surface area contributed by atoms with E-state index in [1.807, 2.05) is 0 Å². The minimum atomic E-state index is -4.16. The molecule has 1 aliphatic rings. The molecule has 2 aromatic carbocycles. The summed E-state index contributed by atoms with van der Waals surface area (Å²) in [6.07, 6.45) is 0.00821. The minimum Gasteiger partial charge on any atom is -0.480 e. The number of sulfonamides is 1. The third-order valence-corrected chi connectivity index (χ3v) is 9.25. The van der Waals surface area contributed by atoms with Crippen LogP contribution in [-0.4, -0.2) is 37.5 Å². The second kappa shape index (κ2) is 8.57. The first-order valence-corrected chi connectivity index (χ1v) is 12.7. The zero-order chi connectivity index (χ0) is 23.9. The number of hydrogen-bond acceptors (Lipinski definition) is 5. The van der Waals surface area contributed by atoms with Crippen molar-refractivity contribution < 1.29 is 23.1 Å². The monoisotopic (exact) mass is 504 g/mol. The summed E-state index contributed by atoms with van der Waals surface area (Å²) < 4.78 is 29.0. The van der Waals surface area contributed by atoms with Crippen LogP contribution in [0.15, 0.2) is 70.9 Å². The largest absolute Gasteiger partial charge is 0.480 e. The Morgan fingerprint density at radius 1 is 1.06 bits per heavy atom. The fourth-order valence-electron chi connectivity index (χ4n) is 4.08. The van der Waals surface area contributed by atoms with Crippen LogP contribution in [0.4, 0.5) is 0 Å². The van der Waals surface area contributed by atoms with Crippen molar-refractivity contribution in [2.24, 2.45) is 0 Å². The molecule has 1 fully saturated rings. The van der Waals surface area contributed by atoms with Gasteiger partial charge in [-0.15, -0.1) is 11.3 Å². The van der Waals surface area contributed by atoms with Crippen LogP contribution in [0, 0.1) is 0 Å². The average Bonchev–Trinajstić information content (AvgIpc) is 3.15. The van der Waals surface area contributed by atoms with Crippen LogP contribution < -0.4 is 10.0 Å². The maximum atomic E-state index is 13.3. The van der Waals surface area contributed by atoms with Gasteiger partial charge < -0.3 is 10.4 Å². The summed E-state index contributed by atoms with van der Waals surface area (Å²) in [4.78, 5) is 24.7. The maximum Gasteiger partial charge on any atom is 0.325 e. The Morgan fingerprint density at radius 3 is 2.33 bits per heavy atom. The number of halogens is 1. The van der Waals surface area contributed by atoms with Crippen molar-refractivity contribution in [2.45, 2.75) is 28.5 Å². The van der Waals surface area contributed by atoms with E-state index in [0.717, 1.165) is 16.9 Å². The van der Waals surface area contributed by atoms with E-state index >= 15 is 0 Å². The van der Waals surface area contributed by atoms with Crippen molar-refractivity contribution >= 4 is 44.8 Å². The van der Waals surface area contributed by atoms with Crippen LogP contribution >= 0.6 is 22.9 Å². The summed E-state index contributed by atoms with van der Waals surface area (Å²) in [7, 11) is -4.16. The number of amides is 1. The van der Waals surface area contributed by atoms with Gasteiger partial charge in [0.15, 0.2) is 0 Å². The summed E-state index contributed by atoms with van der Waals surface area (Å²) in [6, 6.07) is 18.9. The number of carbonyl (C=O) groups excluding carboxylic acids is 1. The van der Waals surface area contributed by atoms with E-state index in [1.165, 1.54) is 13.0 Å². The molecule has 1 amide bonds. The van der Waals surface area contributed by atoms with Gasteiger partial charge in [0.2, 0.25) is 5.91 Å². The Kier molecular flexibility index (Phi) is 6.09. The number of carboxylic acids is 1. The van der Waals surface area contributed by atoms with Gasteiger partial charge in [-0.05, 0) is 41.8 Å². The molecule has 1 aliphatic carbocycles. The number of rotatable bonds is 8. The molecule has 172 valence electrons. The summed E-state index contributed by atoms with van der Waals surface area (Å²) in [5.74, 6) is -1.63. The summed E-state index contributed by atoms with van der Waals surface area (Å²) in [5, 5.41) is 13.4. The highest BCUT2D eigenvalue weighted by Gasteiger charge is 2.74. The van der Waals surface area contributed by atoms with E-state index in [-0.39, 0.29) is 23.1 Å². The SMILES string of the molecule is CC(=O)NCC1(c2ccccc2)CC1(NS(=O)(=O)c1ccc(-c2ccc(Cl)cc2)s1)C(=O)O. The molecule has 0 radical (unpaired) electrons. The maximum absolute atomic E-state index is 13.3. The topological polar surface area (TPSA) is 113 Å². The molecule has 10 heteroatoms. The Hall–Kier alpha value is -2.72. The van der Waals surface area contributed by atoms with Crippen molar-refractivity contribution in [2.75, 3.05) is 6.54 Å². The number of aliphatic carboxylic acids is 1. The average molecular weight is 505 g/mol. The van der Waals surface area contributed by atoms with Crippen LogP contribution in [0.3, 0.4) is 0 Å². The Bertz CT molecular complexity index is 1310. The van der Waals surface area contributed by atoms with Crippen LogP contribution in [0.1, 0.15) is 18.9 Å². The van der Waals surface area contributed by atoms with Gasteiger partial charge in [-0.25, -0.2) is 8.42 Å². The van der Waals surface area contributed by atoms with Gasteiger partial charge in [-0.3, -0.25) is 9.59 Å². The van der Waals surface area contributed by atoms with E-state index in [9.17, 15) is 23.1 Å². The lowest BCUT2D eigenvalue weighted by Crippen LogP contribution is -2.51. The van der Waals surface area contributed by atoms with E-state index in [1.54, 1.807) is 60.7 Å². The summed E-state index contributed by atoms with van der Waals surface area (Å²) in [6.45, 7) is 1.32. The van der Waals surface area contributed by atoms with Crippen molar-refractivity contribution in [3.63, 3.8) is 0 Å². The molecule has 1 saturated carbocycles. The van der Waals surface area contributed by atoms with Gasteiger partial charge in [0.1, 0.15) is 9.75 Å². The Balaban J connectivity index is 1.68. The van der Waals surface area contributed by atoms with Gasteiger partial charge in [-0.2, -0.15) is 4.72 Å². The molecule has 0 aliphatic heterocycles. The first-order chi connectivity index (χ1) is 15.6. The summed E-state index contributed by atoms with van der Waals surface area (Å²) in [5.41, 5.74) is -1.47. The van der Waals surface area contributed by atoms with Crippen molar-refractivity contribution in [1.82, 2.24) is 10.0 Å². The molecule has 0 spiro atoms. The highest BCUT2D eigenvalue weighted by Crippen LogP contribution is 2.58. The minimum absolute atomic E-state index is 0.00136. The first kappa shape index (κ1) is 23.4. The predicted molar refractivity (Wildman–Crippen MR) is 127 cm³/mol. The zero-order valence-electron chi connectivity index (χ0n) is 17.5. The predicted octanol–water partition coefficient (Wildman–Crippen LogP) is 3.65. The van der Waals surface area contributed by atoms with E-state index in [4.69, 9.17) is 11.6 Å². The van der Waals surface area contributed by atoms with Crippen LogP contribution in [0.5, 0.6) is 0 Å². The fourth-order valence-corrected chi connectivity index (χ4v) is 6.94.